The molecule has 84 valence electrons. The smallest absolute Gasteiger partial charge is 0.206 e. The lowest BCUT2D eigenvalue weighted by atomic mass is 10.1. The van der Waals surface area contributed by atoms with Gasteiger partial charge in [0.25, 0.3) is 0 Å². The van der Waals surface area contributed by atoms with Crippen LogP contribution in [-0.2, 0) is 6.54 Å². The lowest BCUT2D eigenvalue weighted by molar-refractivity contribution is 0.0526. The minimum absolute atomic E-state index is 0.306. The molecule has 2 rings (SSSR count). The van der Waals surface area contributed by atoms with Gasteiger partial charge in [0.2, 0.25) is 5.82 Å². The molecule has 16 heavy (non-hydrogen) atoms. The van der Waals surface area contributed by atoms with Crippen LogP contribution in [0.25, 0.3) is 11.4 Å². The fourth-order valence-corrected chi connectivity index (χ4v) is 1.27. The summed E-state index contributed by atoms with van der Waals surface area (Å²) >= 11 is 0. The molecule has 0 aliphatic carbocycles. The molecule has 6 nitrogen and oxygen atoms in total. The van der Waals surface area contributed by atoms with E-state index in [1.54, 1.807) is 26.2 Å². The minimum Gasteiger partial charge on any atom is -0.388 e. The predicted molar refractivity (Wildman–Crippen MR) is 57.3 cm³/mol. The van der Waals surface area contributed by atoms with Crippen LogP contribution in [0.5, 0.6) is 0 Å². The van der Waals surface area contributed by atoms with E-state index >= 15 is 0 Å². The van der Waals surface area contributed by atoms with Crippen LogP contribution < -0.4 is 0 Å². The fourth-order valence-electron chi connectivity index (χ4n) is 1.27. The zero-order valence-corrected chi connectivity index (χ0v) is 9.20. The van der Waals surface area contributed by atoms with Gasteiger partial charge in [-0.2, -0.15) is 4.80 Å². The molecule has 0 unspecified atom stereocenters. The van der Waals surface area contributed by atoms with Crippen LogP contribution in [0.3, 0.4) is 0 Å². The molecule has 0 saturated heterocycles. The molecule has 0 fully saturated rings. The summed E-state index contributed by atoms with van der Waals surface area (Å²) in [5.74, 6) is 0.511. The third kappa shape index (κ3) is 2.60. The summed E-state index contributed by atoms with van der Waals surface area (Å²) in [5.41, 5.74) is -0.0445. The Bertz CT molecular complexity index is 460. The van der Waals surface area contributed by atoms with Crippen molar-refractivity contribution in [2.75, 3.05) is 0 Å². The van der Waals surface area contributed by atoms with Crippen molar-refractivity contribution in [3.05, 3.63) is 24.5 Å². The van der Waals surface area contributed by atoms with Crippen molar-refractivity contribution in [3.8, 4) is 11.4 Å². The van der Waals surface area contributed by atoms with Gasteiger partial charge in [-0.3, -0.25) is 4.98 Å². The minimum atomic E-state index is -0.854. The second kappa shape index (κ2) is 3.97. The molecule has 2 aromatic rings. The maximum absolute atomic E-state index is 9.61. The molecule has 2 aromatic heterocycles. The molecule has 0 aliphatic heterocycles. The molecule has 0 spiro atoms. The summed E-state index contributed by atoms with van der Waals surface area (Å²) in [6.45, 7) is 3.69. The van der Waals surface area contributed by atoms with Gasteiger partial charge in [0.1, 0.15) is 0 Å². The van der Waals surface area contributed by atoms with E-state index in [4.69, 9.17) is 0 Å². The number of rotatable bonds is 3. The molecule has 0 aliphatic rings. The highest BCUT2D eigenvalue weighted by Crippen LogP contribution is 2.11. The maximum Gasteiger partial charge on any atom is 0.206 e. The van der Waals surface area contributed by atoms with Crippen LogP contribution in [0.2, 0.25) is 0 Å². The number of tetrazole rings is 1. The van der Waals surface area contributed by atoms with Crippen LogP contribution in [0.4, 0.5) is 0 Å². The second-order valence-corrected chi connectivity index (χ2v) is 4.20. The lowest BCUT2D eigenvalue weighted by Crippen LogP contribution is -2.27. The topological polar surface area (TPSA) is 76.7 Å². The van der Waals surface area contributed by atoms with Gasteiger partial charge in [-0.1, -0.05) is 0 Å². The van der Waals surface area contributed by atoms with Crippen molar-refractivity contribution in [1.29, 1.82) is 0 Å². The highest BCUT2D eigenvalue weighted by molar-refractivity contribution is 5.51. The third-order valence-corrected chi connectivity index (χ3v) is 1.90. The monoisotopic (exact) mass is 219 g/mol. The summed E-state index contributed by atoms with van der Waals surface area (Å²) in [6, 6.07) is 3.67. The Hall–Kier alpha value is -1.82. The zero-order valence-electron chi connectivity index (χ0n) is 9.20. The fraction of sp³-hybridized carbons (Fsp3) is 0.400. The summed E-state index contributed by atoms with van der Waals surface area (Å²) < 4.78 is 0. The van der Waals surface area contributed by atoms with E-state index in [1.165, 1.54) is 4.80 Å². The van der Waals surface area contributed by atoms with Crippen LogP contribution in [0, 0.1) is 0 Å². The highest BCUT2D eigenvalue weighted by atomic mass is 16.3. The van der Waals surface area contributed by atoms with Crippen LogP contribution >= 0.6 is 0 Å². The summed E-state index contributed by atoms with van der Waals surface area (Å²) in [6.07, 6.45) is 3.36. The van der Waals surface area contributed by atoms with E-state index < -0.39 is 5.60 Å². The Morgan fingerprint density at radius 2 is 2.25 bits per heavy atom. The molecule has 0 radical (unpaired) electrons. The van der Waals surface area contributed by atoms with Gasteiger partial charge in [-0.25, -0.2) is 0 Å². The van der Waals surface area contributed by atoms with Crippen LogP contribution in [0.1, 0.15) is 13.8 Å². The first-order valence-electron chi connectivity index (χ1n) is 4.95. The number of aromatic nitrogens is 5. The molecular formula is C10H13N5O. The lowest BCUT2D eigenvalue weighted by Gasteiger charge is -2.14. The normalized spacial score (nSPS) is 11.7. The van der Waals surface area contributed by atoms with E-state index in [2.05, 4.69) is 20.4 Å². The van der Waals surface area contributed by atoms with Gasteiger partial charge in [0.05, 0.1) is 12.1 Å². The second-order valence-electron chi connectivity index (χ2n) is 4.20. The van der Waals surface area contributed by atoms with E-state index in [9.17, 15) is 5.11 Å². The van der Waals surface area contributed by atoms with Crippen molar-refractivity contribution in [2.24, 2.45) is 0 Å². The zero-order chi connectivity index (χ0) is 11.6. The maximum atomic E-state index is 9.61. The first-order chi connectivity index (χ1) is 7.54. The molecule has 2 heterocycles. The first-order valence-corrected chi connectivity index (χ1v) is 4.95. The number of hydrogen-bond donors (Lipinski definition) is 1. The highest BCUT2D eigenvalue weighted by Gasteiger charge is 2.16. The Labute approximate surface area is 92.9 Å². The average Bonchev–Trinajstić information content (AvgIpc) is 2.65. The molecule has 0 amide bonds. The van der Waals surface area contributed by atoms with Crippen LogP contribution in [-0.4, -0.2) is 35.9 Å². The van der Waals surface area contributed by atoms with E-state index in [0.29, 0.717) is 12.4 Å². The van der Waals surface area contributed by atoms with Crippen molar-refractivity contribution in [1.82, 2.24) is 25.2 Å². The van der Waals surface area contributed by atoms with E-state index in [1.807, 2.05) is 12.1 Å². The largest absolute Gasteiger partial charge is 0.388 e. The van der Waals surface area contributed by atoms with E-state index in [0.717, 1.165) is 5.56 Å². The quantitative estimate of drug-likeness (QED) is 0.813. The van der Waals surface area contributed by atoms with Crippen molar-refractivity contribution >= 4 is 0 Å². The molecule has 0 saturated carbocycles. The number of pyridine rings is 1. The van der Waals surface area contributed by atoms with Crippen molar-refractivity contribution < 1.29 is 5.11 Å². The van der Waals surface area contributed by atoms with E-state index in [-0.39, 0.29) is 0 Å². The Balaban J connectivity index is 2.21. The van der Waals surface area contributed by atoms with Gasteiger partial charge in [0, 0.05) is 18.0 Å². The summed E-state index contributed by atoms with van der Waals surface area (Å²) in [5, 5.41) is 21.5. The average molecular weight is 219 g/mol. The Morgan fingerprint density at radius 3 is 2.88 bits per heavy atom. The number of hydrogen-bond acceptors (Lipinski definition) is 5. The predicted octanol–water partition coefficient (Wildman–Crippen LogP) is 0.506. The molecule has 0 aromatic carbocycles. The first kappa shape index (κ1) is 10.7. The van der Waals surface area contributed by atoms with Crippen LogP contribution in [0.15, 0.2) is 24.5 Å². The van der Waals surface area contributed by atoms with Gasteiger partial charge < -0.3 is 5.11 Å². The molecule has 1 N–H and O–H groups in total. The van der Waals surface area contributed by atoms with Gasteiger partial charge in [-0.15, -0.1) is 10.2 Å². The molecule has 0 bridgehead atoms. The number of nitrogens with zero attached hydrogens (tertiary/aromatic N) is 5. The van der Waals surface area contributed by atoms with Gasteiger partial charge in [-0.05, 0) is 31.2 Å². The third-order valence-electron chi connectivity index (χ3n) is 1.90. The Morgan fingerprint density at radius 1 is 1.44 bits per heavy atom. The summed E-state index contributed by atoms with van der Waals surface area (Å²) in [7, 11) is 0. The standard InChI is InChI=1S/C10H13N5O/c1-10(2,16)7-15-13-9(12-14-15)8-4-3-5-11-6-8/h3-6,16H,7H2,1-2H3. The molecular weight excluding hydrogens is 206 g/mol. The van der Waals surface area contributed by atoms with Gasteiger partial charge >= 0.3 is 0 Å². The summed E-state index contributed by atoms with van der Waals surface area (Å²) in [4.78, 5) is 5.36. The van der Waals surface area contributed by atoms with Crippen molar-refractivity contribution in [3.63, 3.8) is 0 Å². The van der Waals surface area contributed by atoms with Crippen molar-refractivity contribution in [2.45, 2.75) is 26.0 Å². The molecule has 6 heteroatoms. The number of aliphatic hydroxyl groups is 1. The molecule has 0 atom stereocenters. The van der Waals surface area contributed by atoms with Gasteiger partial charge in [0.15, 0.2) is 0 Å². The SMILES string of the molecule is CC(C)(O)Cn1nnc(-c2cccnc2)n1. The Kier molecular flexibility index (Phi) is 2.66.